The van der Waals surface area contributed by atoms with Crippen LogP contribution in [0.25, 0.3) is 5.78 Å². The Morgan fingerprint density at radius 2 is 2.25 bits per heavy atom. The summed E-state index contributed by atoms with van der Waals surface area (Å²) in [5, 5.41) is 13.3. The van der Waals surface area contributed by atoms with Gasteiger partial charge in [-0.2, -0.15) is 9.50 Å². The number of aryl methyl sites for hydroxylation is 1. The zero-order valence-electron chi connectivity index (χ0n) is 8.71. The standard InChI is InChI=1S/C10H10N4O2/c1-5-4-7(9(15)16)14-10(11-5)12-8(13-14)6-2-3-6/h4,6H,2-3H2,1H3,(H,15,16). The number of hydrogen-bond donors (Lipinski definition) is 1. The highest BCUT2D eigenvalue weighted by Gasteiger charge is 2.29. The second-order valence-electron chi connectivity index (χ2n) is 4.04. The number of aromatic carboxylic acids is 1. The van der Waals surface area contributed by atoms with Crippen LogP contribution in [0.2, 0.25) is 0 Å². The molecule has 1 fully saturated rings. The van der Waals surface area contributed by atoms with Crippen LogP contribution in [0.15, 0.2) is 6.07 Å². The smallest absolute Gasteiger partial charge is 0.354 e. The van der Waals surface area contributed by atoms with Gasteiger partial charge in [-0.15, -0.1) is 5.10 Å². The summed E-state index contributed by atoms with van der Waals surface area (Å²) >= 11 is 0. The molecule has 0 atom stereocenters. The van der Waals surface area contributed by atoms with Crippen molar-refractivity contribution in [3.63, 3.8) is 0 Å². The summed E-state index contributed by atoms with van der Waals surface area (Å²) in [5.74, 6) is 0.464. The van der Waals surface area contributed by atoms with Crippen molar-refractivity contribution < 1.29 is 9.90 Å². The third-order valence-corrected chi connectivity index (χ3v) is 2.62. The average molecular weight is 218 g/mol. The molecule has 0 aromatic carbocycles. The molecule has 0 radical (unpaired) electrons. The molecule has 16 heavy (non-hydrogen) atoms. The van der Waals surface area contributed by atoms with Crippen LogP contribution < -0.4 is 0 Å². The van der Waals surface area contributed by atoms with Gasteiger partial charge < -0.3 is 5.11 Å². The SMILES string of the molecule is Cc1cc(C(=O)O)n2nc(C3CC3)nc2n1. The van der Waals surface area contributed by atoms with Crippen LogP contribution in [-0.2, 0) is 0 Å². The first kappa shape index (κ1) is 9.26. The van der Waals surface area contributed by atoms with E-state index in [1.54, 1.807) is 6.92 Å². The van der Waals surface area contributed by atoms with Crippen molar-refractivity contribution in [2.75, 3.05) is 0 Å². The Labute approximate surface area is 91.0 Å². The van der Waals surface area contributed by atoms with E-state index >= 15 is 0 Å². The Morgan fingerprint density at radius 1 is 1.50 bits per heavy atom. The van der Waals surface area contributed by atoms with Crippen molar-refractivity contribution in [3.8, 4) is 0 Å². The van der Waals surface area contributed by atoms with E-state index in [1.807, 2.05) is 0 Å². The van der Waals surface area contributed by atoms with Gasteiger partial charge in [0.25, 0.3) is 5.78 Å². The summed E-state index contributed by atoms with van der Waals surface area (Å²) in [6, 6.07) is 1.50. The van der Waals surface area contributed by atoms with Crippen LogP contribution in [0, 0.1) is 6.92 Å². The molecule has 2 heterocycles. The average Bonchev–Trinajstić information content (AvgIpc) is 2.98. The molecule has 6 nitrogen and oxygen atoms in total. The molecule has 0 bridgehead atoms. The lowest BCUT2D eigenvalue weighted by Gasteiger charge is -1.98. The van der Waals surface area contributed by atoms with E-state index in [1.165, 1.54) is 10.6 Å². The first-order valence-corrected chi connectivity index (χ1v) is 5.13. The van der Waals surface area contributed by atoms with Gasteiger partial charge in [-0.05, 0) is 25.8 Å². The molecule has 2 aromatic heterocycles. The molecule has 0 aliphatic heterocycles. The molecule has 82 valence electrons. The molecule has 1 N–H and O–H groups in total. The Balaban J connectivity index is 2.27. The predicted molar refractivity (Wildman–Crippen MR) is 54.5 cm³/mol. The minimum absolute atomic E-state index is 0.113. The van der Waals surface area contributed by atoms with Gasteiger partial charge in [0, 0.05) is 11.6 Å². The van der Waals surface area contributed by atoms with E-state index in [0.29, 0.717) is 23.2 Å². The number of hydrogen-bond acceptors (Lipinski definition) is 4. The highest BCUT2D eigenvalue weighted by atomic mass is 16.4. The second-order valence-corrected chi connectivity index (χ2v) is 4.04. The quantitative estimate of drug-likeness (QED) is 0.813. The zero-order valence-corrected chi connectivity index (χ0v) is 8.71. The van der Waals surface area contributed by atoms with Crippen molar-refractivity contribution in [3.05, 3.63) is 23.3 Å². The van der Waals surface area contributed by atoms with Gasteiger partial charge >= 0.3 is 5.97 Å². The van der Waals surface area contributed by atoms with Crippen LogP contribution in [0.5, 0.6) is 0 Å². The topological polar surface area (TPSA) is 80.4 Å². The maximum atomic E-state index is 11.0. The maximum Gasteiger partial charge on any atom is 0.354 e. The van der Waals surface area contributed by atoms with Crippen LogP contribution in [0.1, 0.15) is 40.8 Å². The number of nitrogens with zero attached hydrogens (tertiary/aromatic N) is 4. The summed E-state index contributed by atoms with van der Waals surface area (Å²) in [6.07, 6.45) is 2.16. The minimum Gasteiger partial charge on any atom is -0.477 e. The molecule has 1 aliphatic rings. The number of carboxylic acid groups (broad SMARTS) is 1. The van der Waals surface area contributed by atoms with Gasteiger partial charge in [-0.1, -0.05) is 0 Å². The van der Waals surface area contributed by atoms with E-state index in [-0.39, 0.29) is 5.69 Å². The molecular formula is C10H10N4O2. The maximum absolute atomic E-state index is 11.0. The Bertz CT molecular complexity index is 586. The molecule has 0 saturated heterocycles. The third-order valence-electron chi connectivity index (χ3n) is 2.62. The zero-order chi connectivity index (χ0) is 11.3. The number of carbonyl (C=O) groups is 1. The number of rotatable bonds is 2. The molecule has 0 unspecified atom stereocenters. The summed E-state index contributed by atoms with van der Waals surface area (Å²) in [5.41, 5.74) is 0.751. The fourth-order valence-corrected chi connectivity index (χ4v) is 1.67. The van der Waals surface area contributed by atoms with Crippen LogP contribution >= 0.6 is 0 Å². The van der Waals surface area contributed by atoms with Gasteiger partial charge in [-0.25, -0.2) is 9.78 Å². The lowest BCUT2D eigenvalue weighted by molar-refractivity contribution is 0.0687. The minimum atomic E-state index is -1.01. The number of fused-ring (bicyclic) bond motifs is 1. The molecule has 1 aliphatic carbocycles. The Hall–Kier alpha value is -1.98. The van der Waals surface area contributed by atoms with Crippen LogP contribution in [0.3, 0.4) is 0 Å². The Morgan fingerprint density at radius 3 is 2.88 bits per heavy atom. The van der Waals surface area contributed by atoms with Crippen molar-refractivity contribution in [1.82, 2.24) is 19.6 Å². The summed E-state index contributed by atoms with van der Waals surface area (Å²) in [6.45, 7) is 1.75. The van der Waals surface area contributed by atoms with Gasteiger partial charge in [0.15, 0.2) is 11.5 Å². The molecular weight excluding hydrogens is 208 g/mol. The highest BCUT2D eigenvalue weighted by Crippen LogP contribution is 2.38. The molecule has 0 amide bonds. The van der Waals surface area contributed by atoms with Gasteiger partial charge in [-0.3, -0.25) is 0 Å². The van der Waals surface area contributed by atoms with Crippen molar-refractivity contribution >= 4 is 11.7 Å². The van der Waals surface area contributed by atoms with E-state index in [4.69, 9.17) is 5.11 Å². The molecule has 0 spiro atoms. The van der Waals surface area contributed by atoms with Crippen LogP contribution in [0.4, 0.5) is 0 Å². The second kappa shape index (κ2) is 3.01. The first-order valence-electron chi connectivity index (χ1n) is 5.13. The van der Waals surface area contributed by atoms with E-state index < -0.39 is 5.97 Å². The van der Waals surface area contributed by atoms with Crippen molar-refractivity contribution in [2.24, 2.45) is 0 Å². The molecule has 2 aromatic rings. The predicted octanol–water partition coefficient (Wildman–Crippen LogP) is 1.01. The molecule has 3 rings (SSSR count). The summed E-state index contributed by atoms with van der Waals surface area (Å²) in [4.78, 5) is 19.5. The summed E-state index contributed by atoms with van der Waals surface area (Å²) < 4.78 is 1.31. The van der Waals surface area contributed by atoms with Crippen LogP contribution in [-0.4, -0.2) is 30.7 Å². The normalized spacial score (nSPS) is 15.6. The molecule has 1 saturated carbocycles. The largest absolute Gasteiger partial charge is 0.477 e. The summed E-state index contributed by atoms with van der Waals surface area (Å²) in [7, 11) is 0. The van der Waals surface area contributed by atoms with Crippen molar-refractivity contribution in [2.45, 2.75) is 25.7 Å². The third kappa shape index (κ3) is 1.34. The monoisotopic (exact) mass is 218 g/mol. The highest BCUT2D eigenvalue weighted by molar-refractivity contribution is 5.86. The van der Waals surface area contributed by atoms with E-state index in [9.17, 15) is 4.79 Å². The van der Waals surface area contributed by atoms with Gasteiger partial charge in [0.05, 0.1) is 0 Å². The van der Waals surface area contributed by atoms with Gasteiger partial charge in [0.2, 0.25) is 0 Å². The lowest BCUT2D eigenvalue weighted by Crippen LogP contribution is -2.08. The van der Waals surface area contributed by atoms with E-state index in [2.05, 4.69) is 15.1 Å². The number of carboxylic acids is 1. The first-order chi connectivity index (χ1) is 7.65. The van der Waals surface area contributed by atoms with Gasteiger partial charge in [0.1, 0.15) is 0 Å². The molecule has 6 heteroatoms. The van der Waals surface area contributed by atoms with E-state index in [0.717, 1.165) is 12.8 Å². The fraction of sp³-hybridized carbons (Fsp3) is 0.400. The number of aromatic nitrogens is 4. The Kier molecular flexibility index (Phi) is 1.74. The van der Waals surface area contributed by atoms with Crippen molar-refractivity contribution in [1.29, 1.82) is 0 Å². The lowest BCUT2D eigenvalue weighted by atomic mass is 10.3. The fourth-order valence-electron chi connectivity index (χ4n) is 1.67.